The lowest BCUT2D eigenvalue weighted by Gasteiger charge is -2.11. The lowest BCUT2D eigenvalue weighted by molar-refractivity contribution is 0.102. The SMILES string of the molecule is Cc1cccc(N)c1NC(=O)c1cc(F)cc(Br)c1. The van der Waals surface area contributed by atoms with Crippen LogP contribution >= 0.6 is 15.9 Å². The van der Waals surface area contributed by atoms with Crippen LogP contribution in [0, 0.1) is 12.7 Å². The summed E-state index contributed by atoms with van der Waals surface area (Å²) in [6.45, 7) is 1.84. The molecule has 0 saturated heterocycles. The van der Waals surface area contributed by atoms with Crippen molar-refractivity contribution >= 4 is 33.2 Å². The summed E-state index contributed by atoms with van der Waals surface area (Å²) in [5.41, 5.74) is 7.92. The van der Waals surface area contributed by atoms with E-state index < -0.39 is 11.7 Å². The summed E-state index contributed by atoms with van der Waals surface area (Å²) in [6.07, 6.45) is 0. The summed E-state index contributed by atoms with van der Waals surface area (Å²) >= 11 is 3.15. The van der Waals surface area contributed by atoms with E-state index in [2.05, 4.69) is 21.2 Å². The van der Waals surface area contributed by atoms with Crippen molar-refractivity contribution < 1.29 is 9.18 Å². The minimum absolute atomic E-state index is 0.231. The van der Waals surface area contributed by atoms with Crippen LogP contribution in [-0.2, 0) is 0 Å². The number of amides is 1. The van der Waals surface area contributed by atoms with Crippen LogP contribution in [0.3, 0.4) is 0 Å². The molecule has 0 saturated carbocycles. The van der Waals surface area contributed by atoms with Gasteiger partial charge in [-0.15, -0.1) is 0 Å². The standard InChI is InChI=1S/C14H12BrFN2O/c1-8-3-2-4-12(17)13(8)18-14(19)9-5-10(15)7-11(16)6-9/h2-7H,17H2,1H3,(H,18,19). The topological polar surface area (TPSA) is 55.1 Å². The number of anilines is 2. The van der Waals surface area contributed by atoms with E-state index in [0.29, 0.717) is 15.8 Å². The molecule has 2 aromatic rings. The fourth-order valence-corrected chi connectivity index (χ4v) is 2.20. The fourth-order valence-electron chi connectivity index (χ4n) is 1.73. The molecule has 0 aliphatic heterocycles. The van der Waals surface area contributed by atoms with Gasteiger partial charge in [0.05, 0.1) is 11.4 Å². The van der Waals surface area contributed by atoms with Gasteiger partial charge in [0, 0.05) is 10.0 Å². The second-order valence-electron chi connectivity index (χ2n) is 4.15. The Bertz CT molecular complexity index is 603. The molecule has 0 atom stereocenters. The number of hydrogen-bond acceptors (Lipinski definition) is 2. The van der Waals surface area contributed by atoms with Crippen LogP contribution in [0.5, 0.6) is 0 Å². The van der Waals surface area contributed by atoms with Crippen molar-refractivity contribution in [3.05, 3.63) is 57.8 Å². The third-order valence-corrected chi connectivity index (χ3v) is 3.13. The maximum atomic E-state index is 13.3. The highest BCUT2D eigenvalue weighted by atomic mass is 79.9. The highest BCUT2D eigenvalue weighted by molar-refractivity contribution is 9.10. The summed E-state index contributed by atoms with van der Waals surface area (Å²) in [4.78, 5) is 12.1. The molecule has 2 rings (SSSR count). The average Bonchev–Trinajstić information content (AvgIpc) is 2.32. The van der Waals surface area contributed by atoms with Crippen molar-refractivity contribution in [3.8, 4) is 0 Å². The van der Waals surface area contributed by atoms with Gasteiger partial charge in [0.15, 0.2) is 0 Å². The average molecular weight is 323 g/mol. The molecule has 0 aliphatic carbocycles. The number of halogens is 2. The summed E-state index contributed by atoms with van der Waals surface area (Å²) in [7, 11) is 0. The molecule has 19 heavy (non-hydrogen) atoms. The van der Waals surface area contributed by atoms with E-state index in [1.807, 2.05) is 13.0 Å². The van der Waals surface area contributed by atoms with Crippen LogP contribution in [-0.4, -0.2) is 5.91 Å². The molecule has 0 bridgehead atoms. The predicted octanol–water partition coefficient (Wildman–Crippen LogP) is 3.73. The Labute approximate surface area is 118 Å². The van der Waals surface area contributed by atoms with Gasteiger partial charge < -0.3 is 11.1 Å². The van der Waals surface area contributed by atoms with Crippen molar-refractivity contribution in [2.45, 2.75) is 6.92 Å². The quantitative estimate of drug-likeness (QED) is 0.828. The van der Waals surface area contributed by atoms with Crippen LogP contribution < -0.4 is 11.1 Å². The van der Waals surface area contributed by atoms with E-state index >= 15 is 0 Å². The van der Waals surface area contributed by atoms with Gasteiger partial charge in [-0.25, -0.2) is 4.39 Å². The lowest BCUT2D eigenvalue weighted by Crippen LogP contribution is -2.14. The number of nitrogen functional groups attached to an aromatic ring is 1. The number of carbonyl (C=O) groups excluding carboxylic acids is 1. The van der Waals surface area contributed by atoms with Crippen LogP contribution in [0.2, 0.25) is 0 Å². The lowest BCUT2D eigenvalue weighted by atomic mass is 10.1. The van der Waals surface area contributed by atoms with Gasteiger partial charge in [-0.1, -0.05) is 28.1 Å². The third kappa shape index (κ3) is 3.12. The largest absolute Gasteiger partial charge is 0.397 e. The van der Waals surface area contributed by atoms with Gasteiger partial charge in [-0.2, -0.15) is 0 Å². The Morgan fingerprint density at radius 2 is 2.05 bits per heavy atom. The van der Waals surface area contributed by atoms with Crippen LogP contribution in [0.4, 0.5) is 15.8 Å². The Morgan fingerprint density at radius 3 is 2.68 bits per heavy atom. The highest BCUT2D eigenvalue weighted by Gasteiger charge is 2.11. The first-order valence-corrected chi connectivity index (χ1v) is 6.39. The van der Waals surface area contributed by atoms with Gasteiger partial charge in [0.25, 0.3) is 5.91 Å². The van der Waals surface area contributed by atoms with Crippen molar-refractivity contribution in [2.75, 3.05) is 11.1 Å². The highest BCUT2D eigenvalue weighted by Crippen LogP contribution is 2.24. The summed E-state index contributed by atoms with van der Waals surface area (Å²) in [5, 5.41) is 2.70. The maximum absolute atomic E-state index is 13.3. The maximum Gasteiger partial charge on any atom is 0.255 e. The number of hydrogen-bond donors (Lipinski definition) is 2. The molecule has 0 unspecified atom stereocenters. The zero-order chi connectivity index (χ0) is 14.0. The number of benzene rings is 2. The first-order valence-electron chi connectivity index (χ1n) is 5.60. The monoisotopic (exact) mass is 322 g/mol. The molecule has 3 N–H and O–H groups in total. The molecule has 0 aromatic heterocycles. The number of nitrogens with one attached hydrogen (secondary N) is 1. The molecule has 5 heteroatoms. The molecular weight excluding hydrogens is 311 g/mol. The zero-order valence-electron chi connectivity index (χ0n) is 10.2. The number of carbonyl (C=O) groups is 1. The molecule has 2 aromatic carbocycles. The van der Waals surface area contributed by atoms with E-state index in [1.54, 1.807) is 18.2 Å². The minimum Gasteiger partial charge on any atom is -0.397 e. The molecule has 1 amide bonds. The smallest absolute Gasteiger partial charge is 0.255 e. The van der Waals surface area contributed by atoms with E-state index in [0.717, 1.165) is 5.56 Å². The Hall–Kier alpha value is -1.88. The second-order valence-corrected chi connectivity index (χ2v) is 5.07. The number of para-hydroxylation sites is 1. The van der Waals surface area contributed by atoms with Crippen LogP contribution in [0.15, 0.2) is 40.9 Å². The Kier molecular flexibility index (Phi) is 3.85. The fraction of sp³-hybridized carbons (Fsp3) is 0.0714. The number of rotatable bonds is 2. The number of aryl methyl sites for hydroxylation is 1. The summed E-state index contributed by atoms with van der Waals surface area (Å²) in [6, 6.07) is 9.36. The van der Waals surface area contributed by atoms with Crippen molar-refractivity contribution in [2.24, 2.45) is 0 Å². The molecule has 0 fully saturated rings. The van der Waals surface area contributed by atoms with Gasteiger partial charge >= 0.3 is 0 Å². The van der Waals surface area contributed by atoms with Crippen molar-refractivity contribution in [1.29, 1.82) is 0 Å². The van der Waals surface area contributed by atoms with E-state index in [-0.39, 0.29) is 5.56 Å². The zero-order valence-corrected chi connectivity index (χ0v) is 11.8. The van der Waals surface area contributed by atoms with E-state index in [1.165, 1.54) is 12.1 Å². The first kappa shape index (κ1) is 13.5. The third-order valence-electron chi connectivity index (χ3n) is 2.67. The Balaban J connectivity index is 2.31. The second kappa shape index (κ2) is 5.40. The normalized spacial score (nSPS) is 10.3. The summed E-state index contributed by atoms with van der Waals surface area (Å²) < 4.78 is 13.8. The van der Waals surface area contributed by atoms with Crippen molar-refractivity contribution in [3.63, 3.8) is 0 Å². The van der Waals surface area contributed by atoms with Gasteiger partial charge in [-0.05, 0) is 36.8 Å². The summed E-state index contributed by atoms with van der Waals surface area (Å²) in [5.74, 6) is -0.876. The minimum atomic E-state index is -0.475. The molecule has 3 nitrogen and oxygen atoms in total. The van der Waals surface area contributed by atoms with Gasteiger partial charge in [-0.3, -0.25) is 4.79 Å². The van der Waals surface area contributed by atoms with Crippen molar-refractivity contribution in [1.82, 2.24) is 0 Å². The Morgan fingerprint density at radius 1 is 1.32 bits per heavy atom. The van der Waals surface area contributed by atoms with Crippen LogP contribution in [0.25, 0.3) is 0 Å². The van der Waals surface area contributed by atoms with E-state index in [4.69, 9.17) is 5.73 Å². The molecule has 0 heterocycles. The molecule has 98 valence electrons. The molecule has 0 spiro atoms. The molecule has 0 aliphatic rings. The van der Waals surface area contributed by atoms with E-state index in [9.17, 15) is 9.18 Å². The predicted molar refractivity (Wildman–Crippen MR) is 77.6 cm³/mol. The number of nitrogens with two attached hydrogens (primary N) is 1. The molecular formula is C14H12BrFN2O. The first-order chi connectivity index (χ1) is 8.97. The van der Waals surface area contributed by atoms with Gasteiger partial charge in [0.1, 0.15) is 5.82 Å². The molecule has 0 radical (unpaired) electrons. The van der Waals surface area contributed by atoms with Gasteiger partial charge in [0.2, 0.25) is 0 Å². The van der Waals surface area contributed by atoms with Crippen LogP contribution in [0.1, 0.15) is 15.9 Å².